The summed E-state index contributed by atoms with van der Waals surface area (Å²) in [5.41, 5.74) is 3.19. The van der Waals surface area contributed by atoms with Crippen molar-refractivity contribution in [3.63, 3.8) is 0 Å². The number of hydrogen-bond donors (Lipinski definition) is 0. The number of hydrogen-bond acceptors (Lipinski definition) is 1. The Hall–Kier alpha value is -0.560. The van der Waals surface area contributed by atoms with Crippen LogP contribution in [0, 0.1) is 0 Å². The molecule has 0 aromatic carbocycles. The fourth-order valence-corrected chi connectivity index (χ4v) is 1.79. The fraction of sp³-hybridized carbons (Fsp3) is 0.600. The molecule has 0 saturated carbocycles. The third-order valence-electron chi connectivity index (χ3n) is 2.45. The molecule has 0 fully saturated rings. The molecule has 11 heavy (non-hydrogen) atoms. The Kier molecular flexibility index (Phi) is 2.08. The Labute approximate surface area is 67.7 Å². The molecule has 1 heteroatoms. The summed E-state index contributed by atoms with van der Waals surface area (Å²) in [5, 5.41) is 0. The molecule has 60 valence electrons. The van der Waals surface area contributed by atoms with Gasteiger partial charge in [-0.3, -0.25) is 0 Å². The van der Waals surface area contributed by atoms with E-state index < -0.39 is 0 Å². The van der Waals surface area contributed by atoms with E-state index in [1.807, 2.05) is 0 Å². The summed E-state index contributed by atoms with van der Waals surface area (Å²) in [4.78, 5) is 0. The SMILES string of the molecule is C1=CC2=C(CC1)CCOCC2. The highest BCUT2D eigenvalue weighted by atomic mass is 16.5. The van der Waals surface area contributed by atoms with E-state index in [4.69, 9.17) is 4.74 Å². The van der Waals surface area contributed by atoms with Crippen molar-refractivity contribution >= 4 is 0 Å². The molecular formula is C10H14O. The minimum atomic E-state index is 0.920. The van der Waals surface area contributed by atoms with E-state index in [0.29, 0.717) is 0 Å². The summed E-state index contributed by atoms with van der Waals surface area (Å²) in [6.07, 6.45) is 9.37. The van der Waals surface area contributed by atoms with Crippen LogP contribution in [0.25, 0.3) is 0 Å². The van der Waals surface area contributed by atoms with Crippen molar-refractivity contribution in [3.05, 3.63) is 23.3 Å². The third-order valence-corrected chi connectivity index (χ3v) is 2.45. The minimum Gasteiger partial charge on any atom is -0.381 e. The number of ether oxygens (including phenoxy) is 1. The van der Waals surface area contributed by atoms with Crippen LogP contribution in [0.1, 0.15) is 25.7 Å². The van der Waals surface area contributed by atoms with Crippen LogP contribution >= 0.6 is 0 Å². The molecule has 1 nitrogen and oxygen atoms in total. The molecule has 0 atom stereocenters. The van der Waals surface area contributed by atoms with Crippen LogP contribution < -0.4 is 0 Å². The lowest BCUT2D eigenvalue weighted by Gasteiger charge is -2.11. The first-order valence-corrected chi connectivity index (χ1v) is 4.42. The van der Waals surface area contributed by atoms with E-state index in [0.717, 1.165) is 19.6 Å². The molecular weight excluding hydrogens is 136 g/mol. The molecule has 0 aromatic heterocycles. The Bertz CT molecular complexity index is 201. The van der Waals surface area contributed by atoms with Gasteiger partial charge in [0.05, 0.1) is 13.2 Å². The summed E-state index contributed by atoms with van der Waals surface area (Å²) in [6, 6.07) is 0. The van der Waals surface area contributed by atoms with E-state index >= 15 is 0 Å². The average molecular weight is 150 g/mol. The topological polar surface area (TPSA) is 9.23 Å². The smallest absolute Gasteiger partial charge is 0.0506 e. The maximum Gasteiger partial charge on any atom is 0.0506 e. The first-order chi connectivity index (χ1) is 5.47. The van der Waals surface area contributed by atoms with Crippen LogP contribution in [0.2, 0.25) is 0 Å². The van der Waals surface area contributed by atoms with Gasteiger partial charge >= 0.3 is 0 Å². The molecule has 1 aliphatic carbocycles. The van der Waals surface area contributed by atoms with Gasteiger partial charge in [-0.05, 0) is 31.3 Å². The fourth-order valence-electron chi connectivity index (χ4n) is 1.79. The summed E-state index contributed by atoms with van der Waals surface area (Å²) in [5.74, 6) is 0. The van der Waals surface area contributed by atoms with Crippen LogP contribution in [0.4, 0.5) is 0 Å². The van der Waals surface area contributed by atoms with Crippen molar-refractivity contribution in [2.24, 2.45) is 0 Å². The van der Waals surface area contributed by atoms with Crippen LogP contribution in [0.3, 0.4) is 0 Å². The molecule has 0 amide bonds. The lowest BCUT2D eigenvalue weighted by atomic mass is 9.94. The molecule has 0 bridgehead atoms. The Morgan fingerprint density at radius 2 is 2.00 bits per heavy atom. The van der Waals surface area contributed by atoms with Crippen LogP contribution in [-0.4, -0.2) is 13.2 Å². The molecule has 1 heterocycles. The molecule has 1 aliphatic heterocycles. The third kappa shape index (κ3) is 1.54. The van der Waals surface area contributed by atoms with Gasteiger partial charge in [-0.2, -0.15) is 0 Å². The van der Waals surface area contributed by atoms with E-state index in [2.05, 4.69) is 12.2 Å². The zero-order valence-electron chi connectivity index (χ0n) is 6.81. The van der Waals surface area contributed by atoms with E-state index in [-0.39, 0.29) is 0 Å². The van der Waals surface area contributed by atoms with Gasteiger partial charge in [0.2, 0.25) is 0 Å². The zero-order chi connectivity index (χ0) is 7.52. The average Bonchev–Trinajstić information content (AvgIpc) is 2.28. The van der Waals surface area contributed by atoms with Crippen LogP contribution in [-0.2, 0) is 4.74 Å². The van der Waals surface area contributed by atoms with Gasteiger partial charge in [0.15, 0.2) is 0 Å². The second-order valence-electron chi connectivity index (χ2n) is 3.18. The summed E-state index contributed by atoms with van der Waals surface area (Å²) in [6.45, 7) is 1.86. The molecule has 0 aromatic rings. The van der Waals surface area contributed by atoms with Gasteiger partial charge in [0, 0.05) is 0 Å². The second-order valence-corrected chi connectivity index (χ2v) is 3.18. The van der Waals surface area contributed by atoms with Gasteiger partial charge < -0.3 is 4.74 Å². The van der Waals surface area contributed by atoms with Crippen molar-refractivity contribution in [2.45, 2.75) is 25.7 Å². The highest BCUT2D eigenvalue weighted by Crippen LogP contribution is 2.25. The van der Waals surface area contributed by atoms with E-state index in [1.54, 1.807) is 11.1 Å². The largest absolute Gasteiger partial charge is 0.381 e. The van der Waals surface area contributed by atoms with Crippen molar-refractivity contribution in [1.29, 1.82) is 0 Å². The number of rotatable bonds is 0. The summed E-state index contributed by atoms with van der Waals surface area (Å²) < 4.78 is 5.41. The first-order valence-electron chi connectivity index (χ1n) is 4.42. The Balaban J connectivity index is 2.17. The molecule has 0 spiro atoms. The number of allylic oxidation sites excluding steroid dienone is 2. The lowest BCUT2D eigenvalue weighted by molar-refractivity contribution is 0.146. The monoisotopic (exact) mass is 150 g/mol. The summed E-state index contributed by atoms with van der Waals surface area (Å²) in [7, 11) is 0. The first kappa shape index (κ1) is 7.11. The predicted molar refractivity (Wildman–Crippen MR) is 45.5 cm³/mol. The van der Waals surface area contributed by atoms with Gasteiger partial charge in [0.25, 0.3) is 0 Å². The van der Waals surface area contributed by atoms with Crippen molar-refractivity contribution in [1.82, 2.24) is 0 Å². The van der Waals surface area contributed by atoms with Crippen LogP contribution in [0.5, 0.6) is 0 Å². The molecule has 0 N–H and O–H groups in total. The highest BCUT2D eigenvalue weighted by Gasteiger charge is 2.10. The zero-order valence-corrected chi connectivity index (χ0v) is 6.81. The van der Waals surface area contributed by atoms with Crippen molar-refractivity contribution < 1.29 is 4.74 Å². The van der Waals surface area contributed by atoms with Gasteiger partial charge in [-0.15, -0.1) is 0 Å². The maximum absolute atomic E-state index is 5.41. The lowest BCUT2D eigenvalue weighted by Crippen LogP contribution is -1.94. The van der Waals surface area contributed by atoms with Crippen LogP contribution in [0.15, 0.2) is 23.3 Å². The minimum absolute atomic E-state index is 0.920. The second kappa shape index (κ2) is 3.22. The maximum atomic E-state index is 5.41. The summed E-state index contributed by atoms with van der Waals surface area (Å²) >= 11 is 0. The predicted octanol–water partition coefficient (Wildman–Crippen LogP) is 2.44. The normalized spacial score (nSPS) is 24.7. The van der Waals surface area contributed by atoms with Crippen molar-refractivity contribution in [3.8, 4) is 0 Å². The molecule has 2 aliphatic rings. The molecule has 2 rings (SSSR count). The van der Waals surface area contributed by atoms with Gasteiger partial charge in [-0.25, -0.2) is 0 Å². The molecule has 0 unspecified atom stereocenters. The molecule has 0 saturated heterocycles. The quantitative estimate of drug-likeness (QED) is 0.515. The van der Waals surface area contributed by atoms with E-state index in [1.165, 1.54) is 19.3 Å². The Morgan fingerprint density at radius 3 is 3.00 bits per heavy atom. The Morgan fingerprint density at radius 1 is 1.09 bits per heavy atom. The van der Waals surface area contributed by atoms with Gasteiger partial charge in [0.1, 0.15) is 0 Å². The molecule has 0 radical (unpaired) electrons. The van der Waals surface area contributed by atoms with E-state index in [9.17, 15) is 0 Å². The standard InChI is InChI=1S/C10H14O/c1-2-4-10-6-8-11-7-5-9(10)3-1/h1,3H,2,4-8H2. The van der Waals surface area contributed by atoms with Gasteiger partial charge in [-0.1, -0.05) is 17.7 Å². The van der Waals surface area contributed by atoms with Crippen molar-refractivity contribution in [2.75, 3.05) is 13.2 Å². The highest BCUT2D eigenvalue weighted by molar-refractivity contribution is 5.30.